The van der Waals surface area contributed by atoms with E-state index in [2.05, 4.69) is 10.3 Å². The summed E-state index contributed by atoms with van der Waals surface area (Å²) in [7, 11) is 0. The van der Waals surface area contributed by atoms with Crippen molar-refractivity contribution in [3.05, 3.63) is 54.1 Å². The van der Waals surface area contributed by atoms with Gasteiger partial charge in [-0.2, -0.15) is 13.2 Å². The topological polar surface area (TPSA) is 67.2 Å². The highest BCUT2D eigenvalue weighted by atomic mass is 19.4. The zero-order chi connectivity index (χ0) is 19.4. The molecule has 27 heavy (non-hydrogen) atoms. The summed E-state index contributed by atoms with van der Waals surface area (Å²) in [6.07, 6.45) is 1.81. The molecule has 2 N–H and O–H groups in total. The van der Waals surface area contributed by atoms with Crippen molar-refractivity contribution < 1.29 is 23.1 Å². The van der Waals surface area contributed by atoms with Gasteiger partial charge in [0.1, 0.15) is 0 Å². The number of benzene rings is 1. The van der Waals surface area contributed by atoms with E-state index in [0.717, 1.165) is 18.7 Å². The number of aliphatic hydroxyl groups excluding tert-OH is 1. The molecular formula is C19H22F3N3O2. The number of aromatic nitrogens is 2. The molecule has 0 saturated heterocycles. The highest BCUT2D eigenvalue weighted by molar-refractivity contribution is 5.76. The maximum absolute atomic E-state index is 12.7. The zero-order valence-corrected chi connectivity index (χ0v) is 14.7. The quantitative estimate of drug-likeness (QED) is 0.809. The number of nitrogens with zero attached hydrogens (tertiary/aromatic N) is 2. The second-order valence-electron chi connectivity index (χ2n) is 7.04. The molecule has 1 unspecified atom stereocenters. The lowest BCUT2D eigenvalue weighted by Crippen LogP contribution is -2.40. The molecule has 3 atom stereocenters. The standard InChI is InChI=1S/C19H22F3N3O2/c20-19(21,22)15-3-1-2-13(8-15)4-5-18(27)24-16-9-14(10-17(16)26)11-25-7-6-23-12-25/h1-3,6-8,12,14,16-17,26H,4-5,9-11H2,(H,24,27)/t14?,16-,17-/m1/s1. The smallest absolute Gasteiger partial charge is 0.391 e. The molecular weight excluding hydrogens is 359 g/mol. The lowest BCUT2D eigenvalue weighted by Gasteiger charge is -2.16. The van der Waals surface area contributed by atoms with Gasteiger partial charge in [0.05, 0.1) is 24.0 Å². The van der Waals surface area contributed by atoms with Crippen molar-refractivity contribution in [2.45, 2.75) is 50.6 Å². The molecule has 2 aromatic rings. The summed E-state index contributed by atoms with van der Waals surface area (Å²) in [5.74, 6) is -0.0253. The lowest BCUT2D eigenvalue weighted by molar-refractivity contribution is -0.137. The number of hydrogen-bond donors (Lipinski definition) is 2. The summed E-state index contributed by atoms with van der Waals surface area (Å²) in [6.45, 7) is 0.730. The molecule has 1 saturated carbocycles. The van der Waals surface area contributed by atoms with E-state index in [1.54, 1.807) is 18.6 Å². The Labute approximate surface area is 155 Å². The SMILES string of the molecule is O=C(CCc1cccc(C(F)(F)F)c1)N[C@@H]1CC(Cn2ccnc2)C[C@H]1O. The van der Waals surface area contributed by atoms with Crippen LogP contribution in [0.2, 0.25) is 0 Å². The van der Waals surface area contributed by atoms with E-state index >= 15 is 0 Å². The van der Waals surface area contributed by atoms with Crippen LogP contribution in [0.4, 0.5) is 13.2 Å². The van der Waals surface area contributed by atoms with Gasteiger partial charge in [0, 0.05) is 25.4 Å². The van der Waals surface area contributed by atoms with E-state index in [1.165, 1.54) is 6.07 Å². The lowest BCUT2D eigenvalue weighted by atomic mass is 10.1. The van der Waals surface area contributed by atoms with Crippen molar-refractivity contribution in [3.8, 4) is 0 Å². The number of carbonyl (C=O) groups excluding carboxylic acids is 1. The second kappa shape index (κ2) is 8.12. The average Bonchev–Trinajstić information content (AvgIpc) is 3.23. The molecule has 8 heteroatoms. The number of carbonyl (C=O) groups is 1. The third-order valence-electron chi connectivity index (χ3n) is 4.90. The molecule has 1 heterocycles. The van der Waals surface area contributed by atoms with Crippen LogP contribution < -0.4 is 5.32 Å². The number of hydrogen-bond acceptors (Lipinski definition) is 3. The number of alkyl halides is 3. The molecule has 1 fully saturated rings. The van der Waals surface area contributed by atoms with Gasteiger partial charge >= 0.3 is 6.18 Å². The van der Waals surface area contributed by atoms with Crippen molar-refractivity contribution in [2.24, 2.45) is 5.92 Å². The molecule has 146 valence electrons. The second-order valence-corrected chi connectivity index (χ2v) is 7.04. The van der Waals surface area contributed by atoms with Crippen LogP contribution in [0.5, 0.6) is 0 Å². The summed E-state index contributed by atoms with van der Waals surface area (Å²) in [6, 6.07) is 4.68. The minimum Gasteiger partial charge on any atom is -0.391 e. The normalized spacial score (nSPS) is 22.7. The van der Waals surface area contributed by atoms with Crippen molar-refractivity contribution in [1.82, 2.24) is 14.9 Å². The minimum atomic E-state index is -4.39. The van der Waals surface area contributed by atoms with Crippen LogP contribution in [0, 0.1) is 5.92 Å². The molecule has 0 spiro atoms. The molecule has 3 rings (SSSR count). The number of halogens is 3. The van der Waals surface area contributed by atoms with Crippen molar-refractivity contribution in [2.75, 3.05) is 0 Å². The highest BCUT2D eigenvalue weighted by Gasteiger charge is 2.34. The van der Waals surface area contributed by atoms with Gasteiger partial charge in [-0.1, -0.05) is 18.2 Å². The number of imidazole rings is 1. The Morgan fingerprint density at radius 2 is 2.15 bits per heavy atom. The monoisotopic (exact) mass is 381 g/mol. The van der Waals surface area contributed by atoms with Crippen molar-refractivity contribution in [3.63, 3.8) is 0 Å². The van der Waals surface area contributed by atoms with Gasteiger partial charge in [-0.05, 0) is 36.8 Å². The van der Waals surface area contributed by atoms with Gasteiger partial charge in [-0.15, -0.1) is 0 Å². The fourth-order valence-corrected chi connectivity index (χ4v) is 3.56. The van der Waals surface area contributed by atoms with Crippen LogP contribution >= 0.6 is 0 Å². The largest absolute Gasteiger partial charge is 0.416 e. The summed E-state index contributed by atoms with van der Waals surface area (Å²) in [5, 5.41) is 13.0. The Bertz CT molecular complexity index is 762. The molecule has 1 amide bonds. The molecule has 1 aliphatic rings. The van der Waals surface area contributed by atoms with Crippen LogP contribution in [-0.4, -0.2) is 32.7 Å². The first-order valence-corrected chi connectivity index (χ1v) is 8.90. The minimum absolute atomic E-state index is 0.0801. The fourth-order valence-electron chi connectivity index (χ4n) is 3.56. The number of nitrogens with one attached hydrogen (secondary N) is 1. The van der Waals surface area contributed by atoms with Crippen LogP contribution in [0.3, 0.4) is 0 Å². The summed E-state index contributed by atoms with van der Waals surface area (Å²) in [5.41, 5.74) is -0.251. The van der Waals surface area contributed by atoms with Crippen LogP contribution in [0.15, 0.2) is 43.0 Å². The predicted octanol–water partition coefficient (Wildman–Crippen LogP) is 2.79. The van der Waals surface area contributed by atoms with Crippen LogP contribution in [0.25, 0.3) is 0 Å². The van der Waals surface area contributed by atoms with Crippen LogP contribution in [0.1, 0.15) is 30.4 Å². The maximum Gasteiger partial charge on any atom is 0.416 e. The van der Waals surface area contributed by atoms with E-state index in [9.17, 15) is 23.1 Å². The van der Waals surface area contributed by atoms with Crippen LogP contribution in [-0.2, 0) is 23.9 Å². The van der Waals surface area contributed by atoms with E-state index in [4.69, 9.17) is 0 Å². The summed E-state index contributed by atoms with van der Waals surface area (Å²) < 4.78 is 40.2. The molecule has 1 aromatic carbocycles. The third kappa shape index (κ3) is 5.32. The first kappa shape index (κ1) is 19.4. The Morgan fingerprint density at radius 1 is 1.33 bits per heavy atom. The maximum atomic E-state index is 12.7. The Morgan fingerprint density at radius 3 is 2.85 bits per heavy atom. The summed E-state index contributed by atoms with van der Waals surface area (Å²) in [4.78, 5) is 16.1. The Kier molecular flexibility index (Phi) is 5.84. The third-order valence-corrected chi connectivity index (χ3v) is 4.90. The predicted molar refractivity (Wildman–Crippen MR) is 92.7 cm³/mol. The van der Waals surface area contributed by atoms with E-state index in [1.807, 2.05) is 10.8 Å². The summed E-state index contributed by atoms with van der Waals surface area (Å²) >= 11 is 0. The van der Waals surface area contributed by atoms with Gasteiger partial charge in [0.2, 0.25) is 5.91 Å². The molecule has 1 aromatic heterocycles. The zero-order valence-electron chi connectivity index (χ0n) is 14.7. The van der Waals surface area contributed by atoms with Gasteiger partial charge in [-0.25, -0.2) is 4.98 Å². The Hall–Kier alpha value is -2.35. The molecule has 0 radical (unpaired) electrons. The number of aryl methyl sites for hydroxylation is 1. The van der Waals surface area contributed by atoms with Gasteiger partial charge < -0.3 is 15.0 Å². The first-order chi connectivity index (χ1) is 12.8. The van der Waals surface area contributed by atoms with E-state index < -0.39 is 17.8 Å². The van der Waals surface area contributed by atoms with Crippen molar-refractivity contribution >= 4 is 5.91 Å². The van der Waals surface area contributed by atoms with Gasteiger partial charge in [-0.3, -0.25) is 4.79 Å². The van der Waals surface area contributed by atoms with Gasteiger partial charge in [0.25, 0.3) is 0 Å². The Balaban J connectivity index is 1.48. The number of aliphatic hydroxyl groups is 1. The molecule has 0 aliphatic heterocycles. The molecule has 5 nitrogen and oxygen atoms in total. The molecule has 0 bridgehead atoms. The average molecular weight is 381 g/mol. The highest BCUT2D eigenvalue weighted by Crippen LogP contribution is 2.30. The van der Waals surface area contributed by atoms with Crippen molar-refractivity contribution in [1.29, 1.82) is 0 Å². The van der Waals surface area contributed by atoms with E-state index in [-0.39, 0.29) is 30.7 Å². The number of rotatable bonds is 6. The van der Waals surface area contributed by atoms with Gasteiger partial charge in [0.15, 0.2) is 0 Å². The fraction of sp³-hybridized carbons (Fsp3) is 0.474. The molecule has 1 aliphatic carbocycles. The first-order valence-electron chi connectivity index (χ1n) is 8.90. The number of amides is 1. The van der Waals surface area contributed by atoms with E-state index in [0.29, 0.717) is 18.4 Å².